The minimum absolute atomic E-state index is 0.489. The lowest BCUT2D eigenvalue weighted by molar-refractivity contribution is -0.145. The summed E-state index contributed by atoms with van der Waals surface area (Å²) in [4.78, 5) is 12.0. The van der Waals surface area contributed by atoms with Gasteiger partial charge < -0.3 is 19.3 Å². The highest BCUT2D eigenvalue weighted by Gasteiger charge is 2.44. The zero-order valence-corrected chi connectivity index (χ0v) is 12.8. The first-order valence-corrected chi connectivity index (χ1v) is 7.13. The van der Waals surface area contributed by atoms with E-state index in [1.165, 1.54) is 14.2 Å². The molecule has 2 rings (SSSR count). The maximum absolute atomic E-state index is 12.0. The largest absolute Gasteiger partial charge is 0.497 e. The van der Waals surface area contributed by atoms with E-state index >= 15 is 0 Å². The van der Waals surface area contributed by atoms with Crippen LogP contribution in [0.2, 0.25) is 0 Å². The van der Waals surface area contributed by atoms with Crippen LogP contribution in [0.1, 0.15) is 37.7 Å². The molecule has 1 N–H and O–H groups in total. The van der Waals surface area contributed by atoms with E-state index in [-0.39, 0.29) is 0 Å². The molecule has 0 saturated heterocycles. The minimum atomic E-state index is -0.925. The van der Waals surface area contributed by atoms with Gasteiger partial charge in [-0.1, -0.05) is 19.3 Å². The average molecular weight is 294 g/mol. The summed E-state index contributed by atoms with van der Waals surface area (Å²) < 4.78 is 16.1. The molecule has 0 heterocycles. The van der Waals surface area contributed by atoms with Gasteiger partial charge in [-0.2, -0.15) is 0 Å². The minimum Gasteiger partial charge on any atom is -0.497 e. The van der Waals surface area contributed by atoms with Crippen molar-refractivity contribution in [2.75, 3.05) is 21.3 Å². The van der Waals surface area contributed by atoms with E-state index in [0.717, 1.165) is 19.3 Å². The first-order valence-electron chi connectivity index (χ1n) is 7.13. The number of methoxy groups -OCH3 is 3. The Morgan fingerprint density at radius 3 is 2.19 bits per heavy atom. The van der Waals surface area contributed by atoms with Crippen molar-refractivity contribution in [2.24, 2.45) is 0 Å². The Labute approximate surface area is 124 Å². The summed E-state index contributed by atoms with van der Waals surface area (Å²) in [6.45, 7) is 0. The van der Waals surface area contributed by atoms with E-state index in [2.05, 4.69) is 0 Å². The molecule has 0 amide bonds. The topological polar surface area (TPSA) is 65.0 Å². The van der Waals surface area contributed by atoms with Crippen molar-refractivity contribution in [1.82, 2.24) is 0 Å². The highest BCUT2D eigenvalue weighted by atomic mass is 16.5. The van der Waals surface area contributed by atoms with E-state index in [1.54, 1.807) is 19.2 Å². The second-order valence-electron chi connectivity index (χ2n) is 5.36. The molecule has 0 radical (unpaired) electrons. The van der Waals surface area contributed by atoms with Crippen molar-refractivity contribution in [3.8, 4) is 17.2 Å². The van der Waals surface area contributed by atoms with Crippen LogP contribution in [-0.2, 0) is 10.2 Å². The van der Waals surface area contributed by atoms with Gasteiger partial charge in [-0.15, -0.1) is 0 Å². The molecule has 1 aromatic carbocycles. The summed E-state index contributed by atoms with van der Waals surface area (Å²) in [7, 11) is 4.63. The number of carbonyl (C=O) groups is 1. The van der Waals surface area contributed by atoms with Gasteiger partial charge in [0.15, 0.2) is 11.5 Å². The molecule has 1 saturated carbocycles. The number of rotatable bonds is 5. The molecule has 21 heavy (non-hydrogen) atoms. The third-order valence-electron chi connectivity index (χ3n) is 4.32. The number of carboxylic acid groups (broad SMARTS) is 1. The van der Waals surface area contributed by atoms with Gasteiger partial charge >= 0.3 is 5.97 Å². The lowest BCUT2D eigenvalue weighted by Crippen LogP contribution is -2.38. The smallest absolute Gasteiger partial charge is 0.314 e. The van der Waals surface area contributed by atoms with E-state index in [9.17, 15) is 9.90 Å². The molecule has 1 aromatic rings. The van der Waals surface area contributed by atoms with Gasteiger partial charge in [0.25, 0.3) is 0 Å². The monoisotopic (exact) mass is 294 g/mol. The maximum atomic E-state index is 12.0. The van der Waals surface area contributed by atoms with E-state index < -0.39 is 11.4 Å². The normalized spacial score (nSPS) is 17.1. The zero-order chi connectivity index (χ0) is 15.5. The molecule has 0 atom stereocenters. The van der Waals surface area contributed by atoms with Crippen molar-refractivity contribution >= 4 is 5.97 Å². The summed E-state index contributed by atoms with van der Waals surface area (Å²) in [5, 5.41) is 9.85. The number of benzene rings is 1. The van der Waals surface area contributed by atoms with Crippen LogP contribution in [0.5, 0.6) is 17.2 Å². The number of hydrogen-bond donors (Lipinski definition) is 1. The molecule has 5 heteroatoms. The van der Waals surface area contributed by atoms with Crippen molar-refractivity contribution in [2.45, 2.75) is 37.5 Å². The lowest BCUT2D eigenvalue weighted by Gasteiger charge is -2.35. The fraction of sp³-hybridized carbons (Fsp3) is 0.562. The second-order valence-corrected chi connectivity index (χ2v) is 5.36. The Hall–Kier alpha value is -1.91. The molecule has 0 aliphatic heterocycles. The quantitative estimate of drug-likeness (QED) is 0.904. The van der Waals surface area contributed by atoms with E-state index in [1.807, 2.05) is 0 Å². The van der Waals surface area contributed by atoms with Crippen LogP contribution in [0.4, 0.5) is 0 Å². The molecule has 5 nitrogen and oxygen atoms in total. The number of carboxylic acids is 1. The Morgan fingerprint density at radius 2 is 1.71 bits per heavy atom. The highest BCUT2D eigenvalue weighted by molar-refractivity contribution is 5.83. The number of ether oxygens (including phenoxy) is 3. The zero-order valence-electron chi connectivity index (χ0n) is 12.8. The summed E-state index contributed by atoms with van der Waals surface area (Å²) >= 11 is 0. The van der Waals surface area contributed by atoms with Crippen molar-refractivity contribution in [1.29, 1.82) is 0 Å². The Kier molecular flexibility index (Phi) is 4.60. The van der Waals surface area contributed by atoms with Crippen LogP contribution < -0.4 is 14.2 Å². The highest BCUT2D eigenvalue weighted by Crippen LogP contribution is 2.48. The fourth-order valence-corrected chi connectivity index (χ4v) is 3.17. The molecule has 0 bridgehead atoms. The summed E-state index contributed by atoms with van der Waals surface area (Å²) in [5.41, 5.74) is -0.279. The van der Waals surface area contributed by atoms with Gasteiger partial charge in [0.2, 0.25) is 0 Å². The second kappa shape index (κ2) is 6.24. The van der Waals surface area contributed by atoms with Crippen LogP contribution in [0, 0.1) is 0 Å². The predicted molar refractivity (Wildman–Crippen MR) is 78.5 cm³/mol. The summed E-state index contributed by atoms with van der Waals surface area (Å²) in [5.74, 6) is 0.755. The SMILES string of the molecule is COc1cc(OC)c(OC)c(C2(C(=O)O)CCCCC2)c1. The molecule has 0 aromatic heterocycles. The van der Waals surface area contributed by atoms with E-state index in [0.29, 0.717) is 35.7 Å². The maximum Gasteiger partial charge on any atom is 0.314 e. The van der Waals surface area contributed by atoms with E-state index in [4.69, 9.17) is 14.2 Å². The van der Waals surface area contributed by atoms with Crippen molar-refractivity contribution < 1.29 is 24.1 Å². The lowest BCUT2D eigenvalue weighted by atomic mass is 9.69. The number of aliphatic carboxylic acids is 1. The third kappa shape index (κ3) is 2.64. The molecule has 1 fully saturated rings. The third-order valence-corrected chi connectivity index (χ3v) is 4.32. The average Bonchev–Trinajstić information content (AvgIpc) is 2.53. The van der Waals surface area contributed by atoms with Gasteiger partial charge in [0.05, 0.1) is 26.7 Å². The standard InChI is InChI=1S/C16H22O5/c1-19-11-9-12(14(21-3)13(10-11)20-2)16(15(17)18)7-5-4-6-8-16/h9-10H,4-8H2,1-3H3,(H,17,18). The van der Waals surface area contributed by atoms with Crippen molar-refractivity contribution in [3.05, 3.63) is 17.7 Å². The van der Waals surface area contributed by atoms with Gasteiger partial charge in [-0.3, -0.25) is 4.79 Å². The Bertz CT molecular complexity index is 518. The predicted octanol–water partition coefficient (Wildman–Crippen LogP) is 3.00. The van der Waals surface area contributed by atoms with Crippen LogP contribution in [-0.4, -0.2) is 32.4 Å². The van der Waals surface area contributed by atoms with Gasteiger partial charge in [-0.25, -0.2) is 0 Å². The van der Waals surface area contributed by atoms with Crippen molar-refractivity contribution in [3.63, 3.8) is 0 Å². The Morgan fingerprint density at radius 1 is 1.05 bits per heavy atom. The molecule has 1 aliphatic rings. The van der Waals surface area contributed by atoms with Gasteiger partial charge in [0.1, 0.15) is 5.75 Å². The first-order chi connectivity index (χ1) is 10.1. The van der Waals surface area contributed by atoms with Crippen LogP contribution in [0.25, 0.3) is 0 Å². The molecule has 0 unspecified atom stereocenters. The molecule has 116 valence electrons. The molecule has 0 spiro atoms. The number of hydrogen-bond acceptors (Lipinski definition) is 4. The van der Waals surface area contributed by atoms with Crippen LogP contribution in [0.15, 0.2) is 12.1 Å². The first kappa shape index (κ1) is 15.5. The fourth-order valence-electron chi connectivity index (χ4n) is 3.17. The summed E-state index contributed by atoms with van der Waals surface area (Å²) in [6, 6.07) is 3.47. The van der Waals surface area contributed by atoms with Crippen LogP contribution >= 0.6 is 0 Å². The van der Waals surface area contributed by atoms with Gasteiger partial charge in [-0.05, 0) is 18.9 Å². The Balaban J connectivity index is 2.65. The molecular formula is C16H22O5. The van der Waals surface area contributed by atoms with Gasteiger partial charge in [0, 0.05) is 11.6 Å². The molecule has 1 aliphatic carbocycles. The van der Waals surface area contributed by atoms with Crippen LogP contribution in [0.3, 0.4) is 0 Å². The molecular weight excluding hydrogens is 272 g/mol. The summed E-state index contributed by atoms with van der Waals surface area (Å²) in [6.07, 6.45) is 4.08.